The van der Waals surface area contributed by atoms with Crippen molar-refractivity contribution >= 4 is 0 Å². The number of hydrogen-bond acceptors (Lipinski definition) is 2. The van der Waals surface area contributed by atoms with Crippen LogP contribution in [-0.2, 0) is 0 Å². The molecule has 1 aliphatic carbocycles. The molecule has 2 rings (SSSR count). The first-order valence-electron chi connectivity index (χ1n) is 7.83. The van der Waals surface area contributed by atoms with Gasteiger partial charge >= 0.3 is 0 Å². The minimum atomic E-state index is 0.629. The van der Waals surface area contributed by atoms with E-state index in [0.717, 1.165) is 25.2 Å². The molecule has 1 fully saturated rings. The quantitative estimate of drug-likeness (QED) is 0.852. The molecule has 0 aromatic heterocycles. The highest BCUT2D eigenvalue weighted by atomic mass is 15.2. The molecule has 2 heteroatoms. The van der Waals surface area contributed by atoms with Crippen molar-refractivity contribution in [1.29, 1.82) is 0 Å². The molecule has 0 aliphatic heterocycles. The van der Waals surface area contributed by atoms with Crippen molar-refractivity contribution in [2.24, 2.45) is 11.7 Å². The lowest BCUT2D eigenvalue weighted by Crippen LogP contribution is -2.45. The van der Waals surface area contributed by atoms with E-state index in [-0.39, 0.29) is 0 Å². The zero-order valence-electron chi connectivity index (χ0n) is 12.5. The second-order valence-electron chi connectivity index (χ2n) is 5.58. The average Bonchev–Trinajstić information content (AvgIpc) is 2.53. The lowest BCUT2D eigenvalue weighted by Gasteiger charge is -2.38. The van der Waals surface area contributed by atoms with Crippen molar-refractivity contribution in [2.45, 2.75) is 38.6 Å². The fourth-order valence-electron chi connectivity index (χ4n) is 3.17. The predicted molar refractivity (Wildman–Crippen MR) is 85.4 cm³/mol. The summed E-state index contributed by atoms with van der Waals surface area (Å²) in [6.45, 7) is 4.96. The summed E-state index contributed by atoms with van der Waals surface area (Å²) in [4.78, 5) is 2.51. The van der Waals surface area contributed by atoms with Crippen LogP contribution in [0, 0.1) is 17.8 Å². The Labute approximate surface area is 123 Å². The first-order valence-corrected chi connectivity index (χ1v) is 7.83. The maximum absolute atomic E-state index is 5.94. The third-order valence-corrected chi connectivity index (χ3v) is 4.34. The fraction of sp³-hybridized carbons (Fsp3) is 0.556. The summed E-state index contributed by atoms with van der Waals surface area (Å²) in [6.07, 6.45) is 5.24. The van der Waals surface area contributed by atoms with Crippen LogP contribution in [0.2, 0.25) is 0 Å². The summed E-state index contributed by atoms with van der Waals surface area (Å²) in [6, 6.07) is 10.8. The smallest absolute Gasteiger partial charge is 0.0607 e. The summed E-state index contributed by atoms with van der Waals surface area (Å²) >= 11 is 0. The molecule has 0 saturated heterocycles. The van der Waals surface area contributed by atoms with E-state index in [1.165, 1.54) is 25.7 Å². The summed E-state index contributed by atoms with van der Waals surface area (Å²) in [5, 5.41) is 0. The lowest BCUT2D eigenvalue weighted by atomic mass is 9.83. The molecule has 2 unspecified atom stereocenters. The van der Waals surface area contributed by atoms with Gasteiger partial charge in [0.1, 0.15) is 0 Å². The Morgan fingerprint density at radius 2 is 1.95 bits per heavy atom. The molecule has 0 amide bonds. The van der Waals surface area contributed by atoms with Gasteiger partial charge < -0.3 is 5.73 Å². The van der Waals surface area contributed by atoms with Crippen molar-refractivity contribution in [2.75, 3.05) is 19.6 Å². The number of nitrogens with zero attached hydrogens (tertiary/aromatic N) is 1. The minimum Gasteiger partial charge on any atom is -0.330 e. The predicted octanol–water partition coefficient (Wildman–Crippen LogP) is 2.88. The van der Waals surface area contributed by atoms with Gasteiger partial charge in [-0.2, -0.15) is 0 Å². The lowest BCUT2D eigenvalue weighted by molar-refractivity contribution is 0.126. The van der Waals surface area contributed by atoms with Crippen LogP contribution in [0.25, 0.3) is 0 Å². The van der Waals surface area contributed by atoms with Crippen LogP contribution in [0.1, 0.15) is 38.2 Å². The van der Waals surface area contributed by atoms with Crippen LogP contribution in [0.15, 0.2) is 30.3 Å². The standard InChI is InChI=1S/C18H26N2/c1-2-20(18-13-7-6-12-17(18)15-19)14-8-11-16-9-4-3-5-10-16/h3-5,9-10,17-18H,2,6-7,12-15,19H2,1H3. The molecule has 1 aliphatic rings. The van der Waals surface area contributed by atoms with Gasteiger partial charge in [-0.15, -0.1) is 0 Å². The van der Waals surface area contributed by atoms with E-state index < -0.39 is 0 Å². The molecule has 0 bridgehead atoms. The highest BCUT2D eigenvalue weighted by Crippen LogP contribution is 2.27. The Morgan fingerprint density at radius 1 is 1.20 bits per heavy atom. The zero-order chi connectivity index (χ0) is 14.2. The molecule has 20 heavy (non-hydrogen) atoms. The van der Waals surface area contributed by atoms with Gasteiger partial charge in [0.15, 0.2) is 0 Å². The Morgan fingerprint density at radius 3 is 2.65 bits per heavy atom. The highest BCUT2D eigenvalue weighted by Gasteiger charge is 2.27. The summed E-state index contributed by atoms with van der Waals surface area (Å²) < 4.78 is 0. The second-order valence-corrected chi connectivity index (χ2v) is 5.58. The summed E-state index contributed by atoms with van der Waals surface area (Å²) in [7, 11) is 0. The van der Waals surface area contributed by atoms with Crippen LogP contribution in [-0.4, -0.2) is 30.6 Å². The molecule has 2 N–H and O–H groups in total. The van der Waals surface area contributed by atoms with E-state index in [2.05, 4.69) is 35.8 Å². The van der Waals surface area contributed by atoms with Crippen molar-refractivity contribution < 1.29 is 0 Å². The summed E-state index contributed by atoms with van der Waals surface area (Å²) in [5.74, 6) is 7.24. The molecule has 108 valence electrons. The van der Waals surface area contributed by atoms with Gasteiger partial charge in [-0.3, -0.25) is 4.90 Å². The molecule has 2 atom stereocenters. The average molecular weight is 270 g/mol. The first kappa shape index (κ1) is 15.1. The number of nitrogens with two attached hydrogens (primary N) is 1. The Kier molecular flexibility index (Phi) is 6.11. The summed E-state index contributed by atoms with van der Waals surface area (Å²) in [5.41, 5.74) is 7.04. The molecule has 1 aromatic carbocycles. The third-order valence-electron chi connectivity index (χ3n) is 4.34. The monoisotopic (exact) mass is 270 g/mol. The topological polar surface area (TPSA) is 29.3 Å². The number of benzene rings is 1. The van der Waals surface area contributed by atoms with E-state index in [9.17, 15) is 0 Å². The minimum absolute atomic E-state index is 0.629. The number of hydrogen-bond donors (Lipinski definition) is 1. The second kappa shape index (κ2) is 8.09. The zero-order valence-corrected chi connectivity index (χ0v) is 12.5. The molecule has 1 aromatic rings. The van der Waals surface area contributed by atoms with Gasteiger partial charge in [0, 0.05) is 11.6 Å². The normalized spacial score (nSPS) is 22.4. The first-order chi connectivity index (χ1) is 9.85. The molecular weight excluding hydrogens is 244 g/mol. The van der Waals surface area contributed by atoms with Crippen LogP contribution in [0.5, 0.6) is 0 Å². The van der Waals surface area contributed by atoms with E-state index in [4.69, 9.17) is 5.73 Å². The van der Waals surface area contributed by atoms with Crippen molar-refractivity contribution in [3.8, 4) is 11.8 Å². The van der Waals surface area contributed by atoms with E-state index in [1.807, 2.05) is 18.2 Å². The van der Waals surface area contributed by atoms with Gasteiger partial charge in [-0.25, -0.2) is 0 Å². The van der Waals surface area contributed by atoms with Gasteiger partial charge in [0.25, 0.3) is 0 Å². The van der Waals surface area contributed by atoms with Gasteiger partial charge in [0.2, 0.25) is 0 Å². The SMILES string of the molecule is CCN(CC#Cc1ccccc1)C1CCCCC1CN. The Hall–Kier alpha value is -1.30. The van der Waals surface area contributed by atoms with E-state index in [1.54, 1.807) is 0 Å². The molecule has 1 saturated carbocycles. The van der Waals surface area contributed by atoms with Crippen LogP contribution >= 0.6 is 0 Å². The third kappa shape index (κ3) is 4.10. The van der Waals surface area contributed by atoms with Crippen LogP contribution < -0.4 is 5.73 Å². The van der Waals surface area contributed by atoms with E-state index >= 15 is 0 Å². The molecular formula is C18H26N2. The molecule has 0 radical (unpaired) electrons. The van der Waals surface area contributed by atoms with Gasteiger partial charge in [0.05, 0.1) is 6.54 Å². The van der Waals surface area contributed by atoms with Crippen LogP contribution in [0.3, 0.4) is 0 Å². The van der Waals surface area contributed by atoms with E-state index in [0.29, 0.717) is 12.0 Å². The largest absolute Gasteiger partial charge is 0.330 e. The van der Waals surface area contributed by atoms with Gasteiger partial charge in [-0.1, -0.05) is 49.8 Å². The molecule has 0 spiro atoms. The van der Waals surface area contributed by atoms with Gasteiger partial charge in [-0.05, 0) is 44.0 Å². The Balaban J connectivity index is 1.96. The maximum atomic E-state index is 5.94. The Bertz CT molecular complexity index is 443. The fourth-order valence-corrected chi connectivity index (χ4v) is 3.17. The van der Waals surface area contributed by atoms with Crippen molar-refractivity contribution in [1.82, 2.24) is 4.90 Å². The number of rotatable bonds is 4. The molecule has 2 nitrogen and oxygen atoms in total. The maximum Gasteiger partial charge on any atom is 0.0607 e. The molecule has 0 heterocycles. The van der Waals surface area contributed by atoms with Crippen LogP contribution in [0.4, 0.5) is 0 Å². The highest BCUT2D eigenvalue weighted by molar-refractivity contribution is 5.33. The van der Waals surface area contributed by atoms with Crippen molar-refractivity contribution in [3.63, 3.8) is 0 Å². The van der Waals surface area contributed by atoms with Crippen molar-refractivity contribution in [3.05, 3.63) is 35.9 Å².